The summed E-state index contributed by atoms with van der Waals surface area (Å²) in [6.07, 6.45) is 0.939. The number of nitrogens with zero attached hydrogens (tertiary/aromatic N) is 3. The van der Waals surface area contributed by atoms with Crippen molar-refractivity contribution < 1.29 is 17.6 Å². The van der Waals surface area contributed by atoms with Crippen LogP contribution in [0.25, 0.3) is 0 Å². The lowest BCUT2D eigenvalue weighted by Gasteiger charge is -2.32. The van der Waals surface area contributed by atoms with Crippen LogP contribution in [-0.4, -0.2) is 87.8 Å². The zero-order valence-corrected chi connectivity index (χ0v) is 17.0. The van der Waals surface area contributed by atoms with Gasteiger partial charge in [0.2, 0.25) is 10.0 Å². The molecular weight excluding hydrogens is 380 g/mol. The smallest absolute Gasteiger partial charge is 0.289 e. The molecule has 26 heavy (non-hydrogen) atoms. The highest BCUT2D eigenvalue weighted by Crippen LogP contribution is 2.25. The molecule has 2 aliphatic heterocycles. The average Bonchev–Trinajstić information content (AvgIpc) is 3.22. The van der Waals surface area contributed by atoms with E-state index in [4.69, 9.17) is 4.42 Å². The van der Waals surface area contributed by atoms with Gasteiger partial charge in [-0.25, -0.2) is 12.7 Å². The van der Waals surface area contributed by atoms with Crippen LogP contribution in [0.3, 0.4) is 0 Å². The highest BCUT2D eigenvalue weighted by molar-refractivity contribution is 7.89. The SMILES string of the molecule is Cc1oc(C(=O)N2CCC(N3CCNCC3)C2)cc1S(=O)(=O)N(C)C.Cl. The molecule has 1 aromatic heterocycles. The number of halogens is 1. The van der Waals surface area contributed by atoms with Crippen molar-refractivity contribution in [3.05, 3.63) is 17.6 Å². The highest BCUT2D eigenvalue weighted by atomic mass is 35.5. The van der Waals surface area contributed by atoms with E-state index in [1.165, 1.54) is 20.2 Å². The van der Waals surface area contributed by atoms with Crippen molar-refractivity contribution in [3.8, 4) is 0 Å². The minimum Gasteiger partial charge on any atom is -0.455 e. The fourth-order valence-electron chi connectivity index (χ4n) is 3.45. The first-order valence-electron chi connectivity index (χ1n) is 8.57. The zero-order chi connectivity index (χ0) is 18.2. The molecule has 1 unspecified atom stereocenters. The van der Waals surface area contributed by atoms with Crippen LogP contribution in [0.15, 0.2) is 15.4 Å². The zero-order valence-electron chi connectivity index (χ0n) is 15.4. The Morgan fingerprint density at radius 3 is 2.54 bits per heavy atom. The van der Waals surface area contributed by atoms with Gasteiger partial charge < -0.3 is 14.6 Å². The van der Waals surface area contributed by atoms with Crippen molar-refractivity contribution in [2.24, 2.45) is 0 Å². The Kier molecular flexibility index (Phi) is 6.73. The predicted octanol–water partition coefficient (Wildman–Crippen LogP) is 0.380. The number of carbonyl (C=O) groups is 1. The fraction of sp³-hybridized carbons (Fsp3) is 0.688. The molecule has 0 saturated carbocycles. The normalized spacial score (nSPS) is 21.8. The van der Waals surface area contributed by atoms with E-state index in [-0.39, 0.29) is 34.7 Å². The standard InChI is InChI=1S/C16H26N4O4S.ClH/c1-12-15(25(22,23)18(2)3)10-14(24-12)16(21)20-7-4-13(11-20)19-8-5-17-6-9-19;/h10,13,17H,4-9,11H2,1-3H3;1H. The number of carbonyl (C=O) groups excluding carboxylic acids is 1. The van der Waals surface area contributed by atoms with Crippen LogP contribution in [0.2, 0.25) is 0 Å². The summed E-state index contributed by atoms with van der Waals surface area (Å²) in [5.74, 6) is 0.106. The molecule has 1 amide bonds. The summed E-state index contributed by atoms with van der Waals surface area (Å²) in [4.78, 5) is 17.0. The van der Waals surface area contributed by atoms with Crippen LogP contribution in [0.1, 0.15) is 22.7 Å². The third-order valence-corrected chi connectivity index (χ3v) is 6.88. The summed E-state index contributed by atoms with van der Waals surface area (Å²) in [7, 11) is -0.698. The van der Waals surface area contributed by atoms with Gasteiger partial charge in [-0.2, -0.15) is 0 Å². The van der Waals surface area contributed by atoms with Crippen LogP contribution in [0.4, 0.5) is 0 Å². The molecular formula is C16H27ClN4O4S. The van der Waals surface area contributed by atoms with Crippen LogP contribution >= 0.6 is 12.4 Å². The van der Waals surface area contributed by atoms with E-state index >= 15 is 0 Å². The quantitative estimate of drug-likeness (QED) is 0.778. The molecule has 0 radical (unpaired) electrons. The van der Waals surface area contributed by atoms with Gasteiger partial charge in [0.15, 0.2) is 5.76 Å². The van der Waals surface area contributed by atoms with Crippen LogP contribution in [0.5, 0.6) is 0 Å². The molecule has 10 heteroatoms. The third-order valence-electron chi connectivity index (χ3n) is 4.96. The number of piperazine rings is 1. The lowest BCUT2D eigenvalue weighted by atomic mass is 10.2. The van der Waals surface area contributed by atoms with E-state index in [0.29, 0.717) is 19.1 Å². The van der Waals surface area contributed by atoms with Crippen LogP contribution < -0.4 is 5.32 Å². The van der Waals surface area contributed by atoms with Gasteiger partial charge in [0.1, 0.15) is 10.7 Å². The molecule has 3 heterocycles. The van der Waals surface area contributed by atoms with Crippen molar-refractivity contribution in [3.63, 3.8) is 0 Å². The van der Waals surface area contributed by atoms with Gasteiger partial charge in [-0.15, -0.1) is 12.4 Å². The molecule has 0 aromatic carbocycles. The number of aryl methyl sites for hydroxylation is 1. The molecule has 2 fully saturated rings. The third kappa shape index (κ3) is 4.07. The van der Waals surface area contributed by atoms with Crippen LogP contribution in [0, 0.1) is 6.92 Å². The minimum absolute atomic E-state index is 0. The van der Waals surface area contributed by atoms with Crippen LogP contribution in [-0.2, 0) is 10.0 Å². The topological polar surface area (TPSA) is 86.1 Å². The summed E-state index contributed by atoms with van der Waals surface area (Å²) in [6, 6.07) is 1.72. The summed E-state index contributed by atoms with van der Waals surface area (Å²) in [5, 5.41) is 3.33. The Bertz CT molecular complexity index is 743. The Balaban J connectivity index is 0.00000243. The molecule has 0 spiro atoms. The van der Waals surface area contributed by atoms with Crippen molar-refractivity contribution >= 4 is 28.3 Å². The van der Waals surface area contributed by atoms with Gasteiger partial charge in [0.25, 0.3) is 5.91 Å². The molecule has 1 N–H and O–H groups in total. The van der Waals surface area contributed by atoms with Gasteiger partial charge in [-0.3, -0.25) is 9.69 Å². The first-order chi connectivity index (χ1) is 11.8. The number of furan rings is 1. The van der Waals surface area contributed by atoms with Crippen molar-refractivity contribution in [1.29, 1.82) is 0 Å². The molecule has 1 atom stereocenters. The number of hydrogen-bond acceptors (Lipinski definition) is 6. The lowest BCUT2D eigenvalue weighted by molar-refractivity contribution is 0.0741. The van der Waals surface area contributed by atoms with Gasteiger partial charge in [-0.05, 0) is 13.3 Å². The van der Waals surface area contributed by atoms with E-state index in [1.807, 2.05) is 0 Å². The Labute approximate surface area is 160 Å². The molecule has 1 aromatic rings. The largest absolute Gasteiger partial charge is 0.455 e. The van der Waals surface area contributed by atoms with E-state index < -0.39 is 10.0 Å². The Morgan fingerprint density at radius 1 is 1.27 bits per heavy atom. The number of amides is 1. The number of likely N-dealkylation sites (tertiary alicyclic amines) is 1. The second-order valence-corrected chi connectivity index (χ2v) is 8.92. The van der Waals surface area contributed by atoms with Crippen molar-refractivity contribution in [2.45, 2.75) is 24.3 Å². The number of sulfonamides is 1. The van der Waals surface area contributed by atoms with Gasteiger partial charge in [0.05, 0.1) is 0 Å². The first kappa shape index (κ1) is 21.2. The molecule has 2 saturated heterocycles. The molecule has 148 valence electrons. The summed E-state index contributed by atoms with van der Waals surface area (Å²) >= 11 is 0. The van der Waals surface area contributed by atoms with Crippen molar-refractivity contribution in [2.75, 3.05) is 53.4 Å². The lowest BCUT2D eigenvalue weighted by Crippen LogP contribution is -2.49. The molecule has 3 rings (SSSR count). The van der Waals surface area contributed by atoms with E-state index in [1.54, 1.807) is 11.8 Å². The van der Waals surface area contributed by atoms with Crippen molar-refractivity contribution in [1.82, 2.24) is 19.4 Å². The summed E-state index contributed by atoms with van der Waals surface area (Å²) in [6.45, 7) is 6.86. The minimum atomic E-state index is -3.62. The Hall–Kier alpha value is -1.13. The number of rotatable bonds is 4. The number of hydrogen-bond donors (Lipinski definition) is 1. The average molecular weight is 407 g/mol. The van der Waals surface area contributed by atoms with E-state index in [9.17, 15) is 13.2 Å². The monoisotopic (exact) mass is 406 g/mol. The maximum Gasteiger partial charge on any atom is 0.289 e. The summed E-state index contributed by atoms with van der Waals surface area (Å²) in [5.41, 5.74) is 0. The maximum absolute atomic E-state index is 12.7. The second kappa shape index (κ2) is 8.26. The highest BCUT2D eigenvalue weighted by Gasteiger charge is 2.34. The fourth-order valence-corrected chi connectivity index (χ4v) is 4.51. The van der Waals surface area contributed by atoms with Gasteiger partial charge in [0, 0.05) is 65.5 Å². The maximum atomic E-state index is 12.7. The number of nitrogens with one attached hydrogen (secondary N) is 1. The molecule has 0 aliphatic carbocycles. The Morgan fingerprint density at radius 2 is 1.92 bits per heavy atom. The molecule has 8 nitrogen and oxygen atoms in total. The summed E-state index contributed by atoms with van der Waals surface area (Å²) < 4.78 is 31.2. The molecule has 0 bridgehead atoms. The van der Waals surface area contributed by atoms with E-state index in [2.05, 4.69) is 10.2 Å². The van der Waals surface area contributed by atoms with Gasteiger partial charge in [-0.1, -0.05) is 0 Å². The second-order valence-electron chi connectivity index (χ2n) is 6.80. The predicted molar refractivity (Wildman–Crippen MR) is 100 cm³/mol. The van der Waals surface area contributed by atoms with E-state index in [0.717, 1.165) is 36.9 Å². The first-order valence-corrected chi connectivity index (χ1v) is 10.0. The molecule has 2 aliphatic rings. The van der Waals surface area contributed by atoms with Gasteiger partial charge >= 0.3 is 0 Å².